The minimum atomic E-state index is -1.31. The maximum absolute atomic E-state index is 14.1. The first-order chi connectivity index (χ1) is 23.7. The molecule has 252 valence electrons. The van der Waals surface area contributed by atoms with Gasteiger partial charge in [0.15, 0.2) is 0 Å². The zero-order valence-corrected chi connectivity index (χ0v) is 27.0. The molecule has 0 saturated carbocycles. The van der Waals surface area contributed by atoms with Crippen LogP contribution in [0.25, 0.3) is 21.8 Å². The molecular formula is C37H38N6O6. The second kappa shape index (κ2) is 14.9. The fourth-order valence-corrected chi connectivity index (χ4v) is 6.14. The number of cyclic esters (lactones) is 1. The Morgan fingerprint density at radius 2 is 1.29 bits per heavy atom. The molecule has 0 aliphatic carbocycles. The Labute approximate surface area is 282 Å². The van der Waals surface area contributed by atoms with E-state index in [4.69, 9.17) is 4.74 Å². The summed E-state index contributed by atoms with van der Waals surface area (Å²) in [6.07, 6.45) is 2.51. The average Bonchev–Trinajstić information content (AvgIpc) is 3.70. The number of fused-ring (bicyclic) bond motifs is 2. The van der Waals surface area contributed by atoms with E-state index in [0.717, 1.165) is 38.5 Å². The molecule has 4 amide bonds. The third-order valence-electron chi connectivity index (χ3n) is 8.69. The lowest BCUT2D eigenvalue weighted by Crippen LogP contribution is -2.60. The van der Waals surface area contributed by atoms with E-state index in [2.05, 4.69) is 31.2 Å². The second-order valence-electron chi connectivity index (χ2n) is 12.2. The van der Waals surface area contributed by atoms with Gasteiger partial charge in [0.25, 0.3) is 0 Å². The largest absolute Gasteiger partial charge is 0.460 e. The normalized spacial score (nSPS) is 20.9. The van der Waals surface area contributed by atoms with Crippen molar-refractivity contribution in [2.75, 3.05) is 6.54 Å². The summed E-state index contributed by atoms with van der Waals surface area (Å²) in [5.74, 6) is -2.91. The number of H-pyrrole nitrogens is 2. The lowest BCUT2D eigenvalue weighted by atomic mass is 10.0. The van der Waals surface area contributed by atoms with E-state index in [9.17, 15) is 24.0 Å². The van der Waals surface area contributed by atoms with Crippen molar-refractivity contribution in [3.8, 4) is 0 Å². The number of esters is 1. The van der Waals surface area contributed by atoms with Crippen LogP contribution < -0.4 is 21.3 Å². The SMILES string of the molecule is C[C@H]1OC(=O)CCNC(=O)[C@H](Cc2c[nH]c3ccccc23)NC(=O)[C@H](Cc2c[nH]c3ccccc23)NC(=O)[C@H]1NC(=O)Cc1ccccc1. The molecule has 0 spiro atoms. The van der Waals surface area contributed by atoms with E-state index >= 15 is 0 Å². The molecule has 5 aromatic rings. The highest BCUT2D eigenvalue weighted by atomic mass is 16.5. The highest BCUT2D eigenvalue weighted by Crippen LogP contribution is 2.21. The molecule has 0 bridgehead atoms. The van der Waals surface area contributed by atoms with Gasteiger partial charge in [0, 0.05) is 53.6 Å². The van der Waals surface area contributed by atoms with Crippen LogP contribution in [0.5, 0.6) is 0 Å². The number of carbonyl (C=O) groups excluding carboxylic acids is 5. The molecule has 6 N–H and O–H groups in total. The van der Waals surface area contributed by atoms with Crippen LogP contribution in [0.3, 0.4) is 0 Å². The van der Waals surface area contributed by atoms with Gasteiger partial charge >= 0.3 is 5.97 Å². The molecule has 1 fully saturated rings. The predicted molar refractivity (Wildman–Crippen MR) is 183 cm³/mol. The van der Waals surface area contributed by atoms with Crippen molar-refractivity contribution in [1.82, 2.24) is 31.2 Å². The molecule has 1 saturated heterocycles. The van der Waals surface area contributed by atoms with Crippen LogP contribution >= 0.6 is 0 Å². The van der Waals surface area contributed by atoms with Gasteiger partial charge in [0.1, 0.15) is 24.2 Å². The van der Waals surface area contributed by atoms with Crippen LogP contribution in [0, 0.1) is 0 Å². The molecule has 3 heterocycles. The van der Waals surface area contributed by atoms with Gasteiger partial charge in [-0.25, -0.2) is 0 Å². The van der Waals surface area contributed by atoms with Gasteiger partial charge < -0.3 is 36.0 Å². The number of aromatic nitrogens is 2. The number of amides is 4. The Balaban J connectivity index is 1.31. The first kappa shape index (κ1) is 33.0. The molecule has 2 aromatic heterocycles. The van der Waals surface area contributed by atoms with E-state index in [-0.39, 0.29) is 32.2 Å². The molecule has 4 atom stereocenters. The number of hydrogen-bond donors (Lipinski definition) is 6. The topological polar surface area (TPSA) is 174 Å². The first-order valence-electron chi connectivity index (χ1n) is 16.3. The summed E-state index contributed by atoms with van der Waals surface area (Å²) in [7, 11) is 0. The number of para-hydroxylation sites is 2. The zero-order chi connectivity index (χ0) is 34.3. The average molecular weight is 663 g/mol. The Kier molecular flexibility index (Phi) is 10.0. The molecule has 1 aliphatic rings. The summed E-state index contributed by atoms with van der Waals surface area (Å²) in [5.41, 5.74) is 4.04. The van der Waals surface area contributed by atoms with E-state index in [1.54, 1.807) is 36.7 Å². The smallest absolute Gasteiger partial charge is 0.307 e. The van der Waals surface area contributed by atoms with Crippen molar-refractivity contribution in [1.29, 1.82) is 0 Å². The summed E-state index contributed by atoms with van der Waals surface area (Å²) in [6.45, 7) is 1.45. The van der Waals surface area contributed by atoms with Crippen molar-refractivity contribution in [3.05, 3.63) is 108 Å². The Hall–Kier alpha value is -5.91. The van der Waals surface area contributed by atoms with Crippen LogP contribution in [0.15, 0.2) is 91.3 Å². The lowest BCUT2D eigenvalue weighted by molar-refractivity contribution is -0.152. The van der Waals surface area contributed by atoms with Crippen molar-refractivity contribution >= 4 is 51.4 Å². The Morgan fingerprint density at radius 3 is 1.92 bits per heavy atom. The minimum absolute atomic E-state index is 0.00785. The maximum Gasteiger partial charge on any atom is 0.307 e. The summed E-state index contributed by atoms with van der Waals surface area (Å²) in [5, 5.41) is 12.9. The zero-order valence-electron chi connectivity index (χ0n) is 27.0. The Morgan fingerprint density at radius 1 is 0.735 bits per heavy atom. The fraction of sp³-hybridized carbons (Fsp3) is 0.270. The minimum Gasteiger partial charge on any atom is -0.460 e. The van der Waals surface area contributed by atoms with Crippen LogP contribution in [0.1, 0.15) is 30.0 Å². The molecule has 3 aromatic carbocycles. The second-order valence-corrected chi connectivity index (χ2v) is 12.2. The summed E-state index contributed by atoms with van der Waals surface area (Å²) in [4.78, 5) is 74.0. The number of hydrogen-bond acceptors (Lipinski definition) is 6. The number of nitrogens with one attached hydrogen (secondary N) is 6. The van der Waals surface area contributed by atoms with Gasteiger partial charge in [0.05, 0.1) is 12.8 Å². The number of rotatable bonds is 7. The molecule has 0 unspecified atom stereocenters. The molecule has 1 aliphatic heterocycles. The monoisotopic (exact) mass is 662 g/mol. The molecule has 49 heavy (non-hydrogen) atoms. The van der Waals surface area contributed by atoms with Crippen molar-refractivity contribution in [3.63, 3.8) is 0 Å². The first-order valence-corrected chi connectivity index (χ1v) is 16.3. The van der Waals surface area contributed by atoms with Crippen molar-refractivity contribution in [2.45, 2.75) is 56.8 Å². The summed E-state index contributed by atoms with van der Waals surface area (Å²) < 4.78 is 5.57. The molecule has 0 radical (unpaired) electrons. The molecular weight excluding hydrogens is 624 g/mol. The standard InChI is InChI=1S/C37H38N6O6/c1-22-34(43-32(44)17-23-9-3-2-4-10-23)37(48)42-31(19-25-21-40-29-14-8-6-12-27(25)29)36(47)41-30(35(46)38-16-15-33(45)49-22)18-24-20-39-28-13-7-5-11-26(24)28/h2-14,20-22,30-31,34,39-40H,15-19H2,1H3,(H,38,46)(H,41,47)(H,42,48)(H,43,44)/t22-,30+,31+,34+/m1/s1. The van der Waals surface area contributed by atoms with Crippen LogP contribution in [0.4, 0.5) is 0 Å². The number of benzene rings is 3. The quantitative estimate of drug-likeness (QED) is 0.146. The fourth-order valence-electron chi connectivity index (χ4n) is 6.14. The van der Waals surface area contributed by atoms with Gasteiger partial charge in [-0.2, -0.15) is 0 Å². The van der Waals surface area contributed by atoms with E-state index in [0.29, 0.717) is 0 Å². The lowest BCUT2D eigenvalue weighted by Gasteiger charge is -2.28. The number of aromatic amines is 2. The van der Waals surface area contributed by atoms with Gasteiger partial charge in [-0.1, -0.05) is 66.7 Å². The van der Waals surface area contributed by atoms with Crippen LogP contribution in [-0.2, 0) is 48.0 Å². The predicted octanol–water partition coefficient (Wildman–Crippen LogP) is 2.58. The number of ether oxygens (including phenoxy) is 1. The van der Waals surface area contributed by atoms with E-state index in [1.807, 2.05) is 54.6 Å². The van der Waals surface area contributed by atoms with Crippen molar-refractivity contribution in [2.24, 2.45) is 0 Å². The van der Waals surface area contributed by atoms with Gasteiger partial charge in [-0.3, -0.25) is 24.0 Å². The Bertz CT molecular complexity index is 1980. The third-order valence-corrected chi connectivity index (χ3v) is 8.69. The molecule has 12 heteroatoms. The highest BCUT2D eigenvalue weighted by Gasteiger charge is 2.35. The van der Waals surface area contributed by atoms with Crippen LogP contribution in [-0.4, -0.2) is 70.3 Å². The van der Waals surface area contributed by atoms with E-state index in [1.165, 1.54) is 6.92 Å². The maximum atomic E-state index is 14.1. The summed E-state index contributed by atoms with van der Waals surface area (Å²) >= 11 is 0. The van der Waals surface area contributed by atoms with Crippen molar-refractivity contribution < 1.29 is 28.7 Å². The van der Waals surface area contributed by atoms with Gasteiger partial charge in [-0.05, 0) is 35.7 Å². The summed E-state index contributed by atoms with van der Waals surface area (Å²) in [6, 6.07) is 20.7. The van der Waals surface area contributed by atoms with Gasteiger partial charge in [0.2, 0.25) is 23.6 Å². The number of carbonyl (C=O) groups is 5. The third kappa shape index (κ3) is 7.98. The highest BCUT2D eigenvalue weighted by molar-refractivity contribution is 5.96. The molecule has 6 rings (SSSR count). The molecule has 12 nitrogen and oxygen atoms in total. The van der Waals surface area contributed by atoms with Gasteiger partial charge in [-0.15, -0.1) is 0 Å². The van der Waals surface area contributed by atoms with E-state index < -0.39 is 53.8 Å². The van der Waals surface area contributed by atoms with Crippen LogP contribution in [0.2, 0.25) is 0 Å².